The Kier molecular flexibility index (Phi) is 5.72. The fraction of sp³-hybridized carbons (Fsp3) is 0.250. The van der Waals surface area contributed by atoms with Gasteiger partial charge in [-0.15, -0.1) is 0 Å². The van der Waals surface area contributed by atoms with Crippen LogP contribution in [0.5, 0.6) is 17.2 Å². The van der Waals surface area contributed by atoms with E-state index < -0.39 is 0 Å². The van der Waals surface area contributed by atoms with E-state index in [0.717, 1.165) is 5.75 Å². The summed E-state index contributed by atoms with van der Waals surface area (Å²) < 4.78 is 16.4. The molecule has 0 atom stereocenters. The van der Waals surface area contributed by atoms with Crippen LogP contribution < -0.4 is 14.2 Å². The molecule has 0 radical (unpaired) electrons. The maximum Gasteiger partial charge on any atom is 0.166 e. The quantitative estimate of drug-likeness (QED) is 0.797. The van der Waals surface area contributed by atoms with E-state index in [1.807, 2.05) is 30.3 Å². The number of rotatable bonds is 7. The molecule has 0 saturated carbocycles. The van der Waals surface area contributed by atoms with Gasteiger partial charge in [0.1, 0.15) is 19.0 Å². The SMILES string of the molecule is COc1cc(Cl)cc(CO)c1OCCOc1ccccc1. The molecule has 0 aliphatic rings. The van der Waals surface area contributed by atoms with Crippen LogP contribution in [0.15, 0.2) is 42.5 Å². The normalized spacial score (nSPS) is 10.2. The predicted octanol–water partition coefficient (Wildman–Crippen LogP) is 3.30. The van der Waals surface area contributed by atoms with Crippen LogP contribution in [-0.2, 0) is 6.61 Å². The molecule has 0 aromatic heterocycles. The van der Waals surface area contributed by atoms with E-state index >= 15 is 0 Å². The zero-order valence-electron chi connectivity index (χ0n) is 11.7. The molecule has 0 saturated heterocycles. The first kappa shape index (κ1) is 15.5. The van der Waals surface area contributed by atoms with Gasteiger partial charge in [0, 0.05) is 16.7 Å². The molecule has 112 valence electrons. The van der Waals surface area contributed by atoms with Gasteiger partial charge in [-0.1, -0.05) is 29.8 Å². The Balaban J connectivity index is 1.96. The standard InChI is InChI=1S/C16H17ClO4/c1-19-15-10-13(17)9-12(11-18)16(15)21-8-7-20-14-5-3-2-4-6-14/h2-6,9-10,18H,7-8,11H2,1H3. The first-order valence-corrected chi connectivity index (χ1v) is 6.90. The molecule has 1 N–H and O–H groups in total. The summed E-state index contributed by atoms with van der Waals surface area (Å²) in [4.78, 5) is 0. The van der Waals surface area contributed by atoms with Crippen LogP contribution in [0, 0.1) is 0 Å². The predicted molar refractivity (Wildman–Crippen MR) is 81.4 cm³/mol. The summed E-state index contributed by atoms with van der Waals surface area (Å²) in [6.07, 6.45) is 0. The zero-order valence-corrected chi connectivity index (χ0v) is 12.5. The third-order valence-corrected chi connectivity index (χ3v) is 3.05. The van der Waals surface area contributed by atoms with Crippen molar-refractivity contribution in [1.82, 2.24) is 0 Å². The largest absolute Gasteiger partial charge is 0.493 e. The minimum Gasteiger partial charge on any atom is -0.493 e. The van der Waals surface area contributed by atoms with Crippen molar-refractivity contribution in [2.45, 2.75) is 6.61 Å². The van der Waals surface area contributed by atoms with Crippen LogP contribution in [0.25, 0.3) is 0 Å². The molecule has 2 aromatic rings. The molecule has 4 nitrogen and oxygen atoms in total. The van der Waals surface area contributed by atoms with Crippen molar-refractivity contribution in [1.29, 1.82) is 0 Å². The monoisotopic (exact) mass is 308 g/mol. The van der Waals surface area contributed by atoms with Crippen LogP contribution >= 0.6 is 11.6 Å². The number of halogens is 1. The van der Waals surface area contributed by atoms with Gasteiger partial charge in [0.2, 0.25) is 0 Å². The Morgan fingerprint density at radius 1 is 1.05 bits per heavy atom. The number of benzene rings is 2. The third kappa shape index (κ3) is 4.28. The Bertz CT molecular complexity index is 547. The van der Waals surface area contributed by atoms with Gasteiger partial charge in [-0.2, -0.15) is 0 Å². The second kappa shape index (κ2) is 7.76. The number of hydrogen-bond acceptors (Lipinski definition) is 4. The van der Waals surface area contributed by atoms with Crippen molar-refractivity contribution in [3.63, 3.8) is 0 Å². The minimum absolute atomic E-state index is 0.175. The van der Waals surface area contributed by atoms with Crippen LogP contribution in [0.3, 0.4) is 0 Å². The van der Waals surface area contributed by atoms with Gasteiger partial charge < -0.3 is 19.3 Å². The number of hydrogen-bond donors (Lipinski definition) is 1. The van der Waals surface area contributed by atoms with E-state index in [-0.39, 0.29) is 6.61 Å². The maximum absolute atomic E-state index is 9.37. The highest BCUT2D eigenvalue weighted by molar-refractivity contribution is 6.30. The fourth-order valence-electron chi connectivity index (χ4n) is 1.88. The zero-order chi connectivity index (χ0) is 15.1. The lowest BCUT2D eigenvalue weighted by molar-refractivity contribution is 0.203. The van der Waals surface area contributed by atoms with Gasteiger partial charge in [0.25, 0.3) is 0 Å². The van der Waals surface area contributed by atoms with Gasteiger partial charge in [-0.3, -0.25) is 0 Å². The molecule has 0 bridgehead atoms. The topological polar surface area (TPSA) is 47.9 Å². The lowest BCUT2D eigenvalue weighted by Crippen LogP contribution is -2.10. The summed E-state index contributed by atoms with van der Waals surface area (Å²) in [5.74, 6) is 1.76. The van der Waals surface area contributed by atoms with E-state index in [4.69, 9.17) is 25.8 Å². The molecule has 0 amide bonds. The minimum atomic E-state index is -0.175. The van der Waals surface area contributed by atoms with E-state index in [2.05, 4.69) is 0 Å². The molecular weight excluding hydrogens is 292 g/mol. The maximum atomic E-state index is 9.37. The van der Waals surface area contributed by atoms with Gasteiger partial charge in [-0.25, -0.2) is 0 Å². The molecule has 0 aliphatic heterocycles. The third-order valence-electron chi connectivity index (χ3n) is 2.83. The van der Waals surface area contributed by atoms with Crippen LogP contribution in [0.4, 0.5) is 0 Å². The number of para-hydroxylation sites is 1. The van der Waals surface area contributed by atoms with Crippen molar-refractivity contribution < 1.29 is 19.3 Å². The summed E-state index contributed by atoms with van der Waals surface area (Å²) in [5, 5.41) is 9.86. The van der Waals surface area contributed by atoms with Crippen LogP contribution in [0.1, 0.15) is 5.56 Å². The summed E-state index contributed by atoms with van der Waals surface area (Å²) >= 11 is 5.95. The molecule has 0 aliphatic carbocycles. The van der Waals surface area contributed by atoms with Crippen LogP contribution in [-0.4, -0.2) is 25.4 Å². The van der Waals surface area contributed by atoms with E-state index in [1.54, 1.807) is 12.1 Å². The fourth-order valence-corrected chi connectivity index (χ4v) is 2.11. The molecule has 0 fully saturated rings. The van der Waals surface area contributed by atoms with Crippen molar-refractivity contribution in [3.8, 4) is 17.2 Å². The summed E-state index contributed by atoms with van der Waals surface area (Å²) in [6.45, 7) is 0.548. The van der Waals surface area contributed by atoms with Gasteiger partial charge in [0.15, 0.2) is 11.5 Å². The number of ether oxygens (including phenoxy) is 3. The highest BCUT2D eigenvalue weighted by Gasteiger charge is 2.12. The van der Waals surface area contributed by atoms with Gasteiger partial charge in [0.05, 0.1) is 13.7 Å². The molecule has 0 unspecified atom stereocenters. The molecule has 2 aromatic carbocycles. The van der Waals surface area contributed by atoms with Crippen molar-refractivity contribution in [2.75, 3.05) is 20.3 Å². The number of aliphatic hydroxyl groups is 1. The number of methoxy groups -OCH3 is 1. The van der Waals surface area contributed by atoms with E-state index in [0.29, 0.717) is 35.3 Å². The van der Waals surface area contributed by atoms with Gasteiger partial charge in [-0.05, 0) is 18.2 Å². The first-order valence-electron chi connectivity index (χ1n) is 6.52. The Morgan fingerprint density at radius 3 is 2.43 bits per heavy atom. The van der Waals surface area contributed by atoms with E-state index in [1.165, 1.54) is 7.11 Å². The summed E-state index contributed by atoms with van der Waals surface area (Å²) in [5.41, 5.74) is 0.582. The molecule has 0 spiro atoms. The van der Waals surface area contributed by atoms with E-state index in [9.17, 15) is 5.11 Å². The molecule has 5 heteroatoms. The highest BCUT2D eigenvalue weighted by atomic mass is 35.5. The molecule has 21 heavy (non-hydrogen) atoms. The van der Waals surface area contributed by atoms with Crippen molar-refractivity contribution in [3.05, 3.63) is 53.1 Å². The van der Waals surface area contributed by atoms with Crippen molar-refractivity contribution >= 4 is 11.6 Å². The summed E-state index contributed by atoms with van der Waals surface area (Å²) in [6, 6.07) is 12.8. The average Bonchev–Trinajstić information content (AvgIpc) is 2.52. The Labute approximate surface area is 128 Å². The van der Waals surface area contributed by atoms with Crippen LogP contribution in [0.2, 0.25) is 5.02 Å². The van der Waals surface area contributed by atoms with Gasteiger partial charge >= 0.3 is 0 Å². The second-order valence-electron chi connectivity index (χ2n) is 4.26. The average molecular weight is 309 g/mol. The second-order valence-corrected chi connectivity index (χ2v) is 4.70. The Hall–Kier alpha value is -1.91. The lowest BCUT2D eigenvalue weighted by atomic mass is 10.2. The molecular formula is C16H17ClO4. The van der Waals surface area contributed by atoms with Crippen molar-refractivity contribution in [2.24, 2.45) is 0 Å². The first-order chi connectivity index (χ1) is 10.2. The highest BCUT2D eigenvalue weighted by Crippen LogP contribution is 2.34. The molecule has 0 heterocycles. The lowest BCUT2D eigenvalue weighted by Gasteiger charge is -2.15. The number of aliphatic hydroxyl groups excluding tert-OH is 1. The smallest absolute Gasteiger partial charge is 0.166 e. The summed E-state index contributed by atoms with van der Waals surface area (Å²) in [7, 11) is 1.53. The molecule has 2 rings (SSSR count). The Morgan fingerprint density at radius 2 is 1.76 bits per heavy atom.